The summed E-state index contributed by atoms with van der Waals surface area (Å²) in [6, 6.07) is 6.28. The predicted octanol–water partition coefficient (Wildman–Crippen LogP) is 3.88. The first kappa shape index (κ1) is 18.8. The molecule has 0 bridgehead atoms. The van der Waals surface area contributed by atoms with Crippen molar-refractivity contribution in [2.45, 2.75) is 13.0 Å². The van der Waals surface area contributed by atoms with E-state index in [1.807, 2.05) is 19.1 Å². The number of aryl methyl sites for hydroxylation is 1. The number of nitrogens with zero attached hydrogens (tertiary/aromatic N) is 4. The quantitative estimate of drug-likeness (QED) is 0.481. The Balaban J connectivity index is 1.58. The summed E-state index contributed by atoms with van der Waals surface area (Å²) >= 11 is 3.53. The number of benzene rings is 2. The predicted molar refractivity (Wildman–Crippen MR) is 114 cm³/mol. The molecule has 0 fully saturated rings. The molecule has 0 radical (unpaired) electrons. The molecule has 2 aromatic carbocycles. The molecule has 3 heterocycles. The second-order valence-electron chi connectivity index (χ2n) is 7.35. The maximum Gasteiger partial charge on any atom is 0.257 e. The Labute approximate surface area is 179 Å². The van der Waals surface area contributed by atoms with Gasteiger partial charge < -0.3 is 15.4 Å². The minimum absolute atomic E-state index is 0.0498. The molecule has 30 heavy (non-hydrogen) atoms. The van der Waals surface area contributed by atoms with Gasteiger partial charge in [0, 0.05) is 23.2 Å². The molecule has 0 saturated heterocycles. The minimum Gasteiger partial charge on any atom is -0.491 e. The number of fused-ring (bicyclic) bond motifs is 4. The van der Waals surface area contributed by atoms with Crippen LogP contribution < -0.4 is 10.5 Å². The summed E-state index contributed by atoms with van der Waals surface area (Å²) in [7, 11) is 1.65. The highest BCUT2D eigenvalue weighted by atomic mass is 79.9. The van der Waals surface area contributed by atoms with Crippen LogP contribution in [0.25, 0.3) is 16.6 Å². The highest BCUT2D eigenvalue weighted by Crippen LogP contribution is 2.39. The highest BCUT2D eigenvalue weighted by Gasteiger charge is 2.32. The van der Waals surface area contributed by atoms with Gasteiger partial charge in [0.05, 0.1) is 35.2 Å². The first-order chi connectivity index (χ1) is 14.3. The van der Waals surface area contributed by atoms with Gasteiger partial charge >= 0.3 is 0 Å². The molecule has 7 nitrogen and oxygen atoms in total. The molecule has 0 unspecified atom stereocenters. The highest BCUT2D eigenvalue weighted by molar-refractivity contribution is 9.10. The van der Waals surface area contributed by atoms with Gasteiger partial charge in [-0.2, -0.15) is 0 Å². The van der Waals surface area contributed by atoms with Crippen LogP contribution in [0, 0.1) is 12.7 Å². The number of carbonyl (C=O) groups excluding carboxylic acids is 1. The van der Waals surface area contributed by atoms with Crippen molar-refractivity contribution in [2.75, 3.05) is 19.4 Å². The molecule has 0 spiro atoms. The van der Waals surface area contributed by atoms with Gasteiger partial charge in [-0.15, -0.1) is 0 Å². The number of halogens is 2. The fourth-order valence-corrected chi connectivity index (χ4v) is 4.19. The Morgan fingerprint density at radius 1 is 1.33 bits per heavy atom. The van der Waals surface area contributed by atoms with E-state index in [0.29, 0.717) is 23.2 Å². The Hall–Kier alpha value is -3.20. The van der Waals surface area contributed by atoms with Gasteiger partial charge in [-0.3, -0.25) is 9.20 Å². The number of hydrogen-bond acceptors (Lipinski definition) is 5. The van der Waals surface area contributed by atoms with Gasteiger partial charge in [-0.25, -0.2) is 14.4 Å². The number of hydrogen-bond donors (Lipinski definition) is 1. The van der Waals surface area contributed by atoms with Crippen LogP contribution in [0.1, 0.15) is 27.5 Å². The zero-order chi connectivity index (χ0) is 21.2. The van der Waals surface area contributed by atoms with Crippen molar-refractivity contribution >= 4 is 44.2 Å². The summed E-state index contributed by atoms with van der Waals surface area (Å²) in [6.07, 6.45) is 3.14. The molecule has 1 atom stereocenters. The summed E-state index contributed by atoms with van der Waals surface area (Å²) in [5.74, 6) is -0.122. The van der Waals surface area contributed by atoms with Crippen molar-refractivity contribution in [1.29, 1.82) is 0 Å². The summed E-state index contributed by atoms with van der Waals surface area (Å²) in [5.41, 5.74) is 9.30. The van der Waals surface area contributed by atoms with Crippen LogP contribution >= 0.6 is 15.9 Å². The average molecular weight is 470 g/mol. The lowest BCUT2D eigenvalue weighted by atomic mass is 10.0. The monoisotopic (exact) mass is 469 g/mol. The van der Waals surface area contributed by atoms with Crippen molar-refractivity contribution < 1.29 is 13.9 Å². The number of likely N-dealkylation sites (N-methyl/N-ethyl adjacent to an activating group) is 1. The van der Waals surface area contributed by atoms with E-state index in [1.54, 1.807) is 24.0 Å². The molecule has 0 saturated carbocycles. The SMILES string of the molecule is Cc1cc2c(cc1Br)[C@H](N(C)C(=O)c1cc3c(cc1F)nc(N)c1cncn13)CO2. The third-order valence-corrected chi connectivity index (χ3v) is 6.38. The number of carbonyl (C=O) groups is 1. The van der Waals surface area contributed by atoms with Gasteiger partial charge in [0.25, 0.3) is 5.91 Å². The van der Waals surface area contributed by atoms with Crippen LogP contribution in [-0.2, 0) is 0 Å². The normalized spacial score (nSPS) is 15.4. The van der Waals surface area contributed by atoms with Crippen LogP contribution in [-0.4, -0.2) is 38.8 Å². The number of rotatable bonds is 2. The van der Waals surface area contributed by atoms with Gasteiger partial charge in [-0.05, 0) is 30.7 Å². The minimum atomic E-state index is -0.657. The Morgan fingerprint density at radius 2 is 2.13 bits per heavy atom. The summed E-state index contributed by atoms with van der Waals surface area (Å²) in [6.45, 7) is 2.28. The summed E-state index contributed by atoms with van der Waals surface area (Å²) in [5, 5.41) is 0. The smallest absolute Gasteiger partial charge is 0.257 e. The zero-order valence-electron chi connectivity index (χ0n) is 16.2. The standard InChI is InChI=1S/C21H17BrFN5O2/c1-10-3-19-12(4-13(10)22)18(8-30-19)27(2)21(29)11-5-16-15(6-14(11)23)26-20(24)17-7-25-9-28(16)17/h3-7,9,18H,8H2,1-2H3,(H2,24,26)/t18-/m1/s1. The number of nitrogens with two attached hydrogens (primary N) is 1. The molecular formula is C21H17BrFN5O2. The molecule has 0 aliphatic carbocycles. The van der Waals surface area contributed by atoms with E-state index < -0.39 is 11.7 Å². The largest absolute Gasteiger partial charge is 0.491 e. The fourth-order valence-electron chi connectivity index (χ4n) is 3.83. The lowest BCUT2D eigenvalue weighted by molar-refractivity contribution is 0.0704. The summed E-state index contributed by atoms with van der Waals surface area (Å²) < 4.78 is 23.3. The van der Waals surface area contributed by atoms with Crippen LogP contribution in [0.5, 0.6) is 5.75 Å². The first-order valence-corrected chi connectivity index (χ1v) is 10.0. The lowest BCUT2D eigenvalue weighted by Gasteiger charge is -2.24. The maximum atomic E-state index is 14.9. The lowest BCUT2D eigenvalue weighted by Crippen LogP contribution is -2.32. The number of imidazole rings is 1. The van der Waals surface area contributed by atoms with Crippen LogP contribution in [0.2, 0.25) is 0 Å². The second-order valence-corrected chi connectivity index (χ2v) is 8.20. The maximum absolute atomic E-state index is 14.9. The summed E-state index contributed by atoms with van der Waals surface area (Å²) in [4.78, 5) is 23.1. The average Bonchev–Trinajstić information content (AvgIpc) is 3.35. The number of ether oxygens (including phenoxy) is 1. The second kappa shape index (κ2) is 6.66. The van der Waals surface area contributed by atoms with Gasteiger partial charge in [0.1, 0.15) is 29.5 Å². The van der Waals surface area contributed by atoms with Crippen molar-refractivity contribution in [2.24, 2.45) is 0 Å². The molecule has 1 aliphatic heterocycles. The van der Waals surface area contributed by atoms with E-state index in [9.17, 15) is 9.18 Å². The van der Waals surface area contributed by atoms with Crippen LogP contribution in [0.4, 0.5) is 10.2 Å². The van der Waals surface area contributed by atoms with Gasteiger partial charge in [0.15, 0.2) is 0 Å². The van der Waals surface area contributed by atoms with E-state index in [1.165, 1.54) is 17.0 Å². The van der Waals surface area contributed by atoms with Gasteiger partial charge in [-0.1, -0.05) is 15.9 Å². The zero-order valence-corrected chi connectivity index (χ0v) is 17.8. The number of aromatic nitrogens is 3. The third-order valence-electron chi connectivity index (χ3n) is 5.53. The van der Waals surface area contributed by atoms with E-state index in [-0.39, 0.29) is 17.4 Å². The van der Waals surface area contributed by atoms with Crippen LogP contribution in [0.15, 0.2) is 41.3 Å². The van der Waals surface area contributed by atoms with Crippen molar-refractivity contribution in [1.82, 2.24) is 19.3 Å². The van der Waals surface area contributed by atoms with Crippen molar-refractivity contribution in [3.63, 3.8) is 0 Å². The van der Waals surface area contributed by atoms with E-state index in [4.69, 9.17) is 10.5 Å². The van der Waals surface area contributed by atoms with Crippen LogP contribution in [0.3, 0.4) is 0 Å². The Bertz CT molecular complexity index is 1350. The molecule has 4 aromatic rings. The molecule has 5 rings (SSSR count). The fraction of sp³-hybridized carbons (Fsp3) is 0.190. The molecule has 152 valence electrons. The van der Waals surface area contributed by atoms with E-state index >= 15 is 0 Å². The number of anilines is 1. The molecule has 1 aliphatic rings. The van der Waals surface area contributed by atoms with E-state index in [2.05, 4.69) is 25.9 Å². The molecule has 2 N–H and O–H groups in total. The van der Waals surface area contributed by atoms with Crippen molar-refractivity contribution in [3.8, 4) is 5.75 Å². The van der Waals surface area contributed by atoms with Crippen molar-refractivity contribution in [3.05, 3.63) is 63.8 Å². The molecule has 9 heteroatoms. The first-order valence-electron chi connectivity index (χ1n) is 9.26. The molecular weight excluding hydrogens is 453 g/mol. The molecule has 2 aromatic heterocycles. The van der Waals surface area contributed by atoms with E-state index in [0.717, 1.165) is 21.3 Å². The Morgan fingerprint density at radius 3 is 2.93 bits per heavy atom. The number of amides is 1. The molecule has 1 amide bonds. The third kappa shape index (κ3) is 2.72. The topological polar surface area (TPSA) is 85.8 Å². The van der Waals surface area contributed by atoms with Gasteiger partial charge in [0.2, 0.25) is 0 Å². The number of nitrogen functional groups attached to an aromatic ring is 1. The Kier molecular flexibility index (Phi) is 4.18.